The third-order valence-electron chi connectivity index (χ3n) is 4.32. The minimum absolute atomic E-state index is 0.00631. The van der Waals surface area contributed by atoms with Crippen LogP contribution < -0.4 is 4.74 Å². The molecule has 0 aliphatic carbocycles. The van der Waals surface area contributed by atoms with E-state index in [0.717, 1.165) is 11.0 Å². The molecule has 154 valence electrons. The number of carbonyl (C=O) groups excluding carboxylic acids is 3. The number of aromatic hydroxyl groups is 1. The molecule has 1 aromatic carbocycles. The number of thioether (sulfide) groups is 1. The van der Waals surface area contributed by atoms with Crippen LogP contribution in [0.25, 0.3) is 6.08 Å². The van der Waals surface area contributed by atoms with Gasteiger partial charge >= 0.3 is 5.69 Å². The smallest absolute Gasteiger partial charge is 0.315 e. The highest BCUT2D eigenvalue weighted by molar-refractivity contribution is 8.18. The number of imide groups is 1. The Labute approximate surface area is 169 Å². The number of morpholine rings is 1. The fourth-order valence-corrected chi connectivity index (χ4v) is 3.67. The molecule has 0 aromatic heterocycles. The van der Waals surface area contributed by atoms with Crippen molar-refractivity contribution in [1.82, 2.24) is 9.80 Å². The van der Waals surface area contributed by atoms with Crippen LogP contribution in [0, 0.1) is 10.1 Å². The van der Waals surface area contributed by atoms with Gasteiger partial charge in [-0.25, -0.2) is 0 Å². The molecule has 0 unspecified atom stereocenters. The molecule has 2 aliphatic heterocycles. The highest BCUT2D eigenvalue weighted by Gasteiger charge is 2.37. The first-order valence-electron chi connectivity index (χ1n) is 8.48. The molecule has 3 amide bonds. The molecule has 2 aliphatic rings. The number of carbonyl (C=O) groups is 3. The monoisotopic (exact) mass is 423 g/mol. The Morgan fingerprint density at radius 1 is 1.38 bits per heavy atom. The zero-order valence-corrected chi connectivity index (χ0v) is 16.1. The van der Waals surface area contributed by atoms with E-state index in [-0.39, 0.29) is 28.7 Å². The van der Waals surface area contributed by atoms with Crippen LogP contribution in [0.5, 0.6) is 11.5 Å². The minimum Gasteiger partial charge on any atom is -0.500 e. The summed E-state index contributed by atoms with van der Waals surface area (Å²) < 4.78 is 10.1. The standard InChI is InChI=1S/C17H17N3O8S/c1-27-12-7-10(6-11(15(12)22)20(25)26)8-13-16(23)19(17(24)29-13)9-14(21)18-2-4-28-5-3-18/h6-8,22H,2-5,9H2,1H3/b13-8+. The van der Waals surface area contributed by atoms with Gasteiger partial charge in [0.1, 0.15) is 6.54 Å². The average Bonchev–Trinajstić information content (AvgIpc) is 2.96. The minimum atomic E-state index is -0.790. The van der Waals surface area contributed by atoms with E-state index in [1.165, 1.54) is 24.2 Å². The molecular formula is C17H17N3O8S. The van der Waals surface area contributed by atoms with Gasteiger partial charge in [0.2, 0.25) is 11.7 Å². The van der Waals surface area contributed by atoms with E-state index < -0.39 is 27.5 Å². The SMILES string of the molecule is COc1cc(/C=C2/SC(=O)N(CC(=O)N3CCOCC3)C2=O)cc([N+](=O)[O-])c1O. The van der Waals surface area contributed by atoms with E-state index in [4.69, 9.17) is 9.47 Å². The lowest BCUT2D eigenvalue weighted by Gasteiger charge is -2.28. The van der Waals surface area contributed by atoms with Crippen LogP contribution in [-0.2, 0) is 14.3 Å². The highest BCUT2D eigenvalue weighted by Crippen LogP contribution is 2.39. The number of nitrogens with zero attached hydrogens (tertiary/aromatic N) is 3. The number of nitro groups is 1. The first kappa shape index (κ1) is 20.6. The second kappa shape index (κ2) is 8.49. The number of ether oxygens (including phenoxy) is 2. The van der Waals surface area contributed by atoms with Crippen molar-refractivity contribution in [2.24, 2.45) is 0 Å². The number of phenols is 1. The summed E-state index contributed by atoms with van der Waals surface area (Å²) in [4.78, 5) is 49.8. The Balaban J connectivity index is 1.82. The number of nitro benzene ring substituents is 1. The third-order valence-corrected chi connectivity index (χ3v) is 5.23. The topological polar surface area (TPSA) is 140 Å². The van der Waals surface area contributed by atoms with Gasteiger partial charge in [0, 0.05) is 19.2 Å². The van der Waals surface area contributed by atoms with Gasteiger partial charge in [0.25, 0.3) is 11.1 Å². The lowest BCUT2D eigenvalue weighted by Crippen LogP contribution is -2.46. The molecule has 0 spiro atoms. The molecule has 11 nitrogen and oxygen atoms in total. The van der Waals surface area contributed by atoms with Crippen molar-refractivity contribution in [2.45, 2.75) is 0 Å². The summed E-state index contributed by atoms with van der Waals surface area (Å²) in [6.07, 6.45) is 1.28. The van der Waals surface area contributed by atoms with Crippen LogP contribution in [0.4, 0.5) is 10.5 Å². The van der Waals surface area contributed by atoms with Crippen molar-refractivity contribution in [1.29, 1.82) is 0 Å². The molecule has 0 radical (unpaired) electrons. The van der Waals surface area contributed by atoms with Gasteiger partial charge in [-0.3, -0.25) is 29.4 Å². The van der Waals surface area contributed by atoms with Crippen molar-refractivity contribution in [3.8, 4) is 11.5 Å². The van der Waals surface area contributed by atoms with E-state index in [1.54, 1.807) is 0 Å². The molecule has 0 saturated carbocycles. The fourth-order valence-electron chi connectivity index (χ4n) is 2.83. The Hall–Kier alpha value is -3.12. The molecule has 29 heavy (non-hydrogen) atoms. The average molecular weight is 423 g/mol. The molecule has 2 saturated heterocycles. The number of methoxy groups -OCH3 is 1. The third kappa shape index (κ3) is 4.32. The number of hydrogen-bond acceptors (Lipinski definition) is 9. The van der Waals surface area contributed by atoms with Gasteiger partial charge in [-0.2, -0.15) is 0 Å². The molecule has 3 rings (SSSR count). The summed E-state index contributed by atoms with van der Waals surface area (Å²) in [6, 6.07) is 2.36. The molecule has 0 atom stereocenters. The van der Waals surface area contributed by atoms with Crippen molar-refractivity contribution >= 4 is 40.6 Å². The number of amides is 3. The van der Waals surface area contributed by atoms with Gasteiger partial charge in [0.05, 0.1) is 30.2 Å². The zero-order chi connectivity index (χ0) is 21.1. The molecule has 12 heteroatoms. The molecule has 1 aromatic rings. The fraction of sp³-hybridized carbons (Fsp3) is 0.353. The first-order chi connectivity index (χ1) is 13.8. The second-order valence-corrected chi connectivity index (χ2v) is 7.10. The van der Waals surface area contributed by atoms with E-state index >= 15 is 0 Å². The maximum atomic E-state index is 12.6. The van der Waals surface area contributed by atoms with Crippen molar-refractivity contribution in [3.05, 3.63) is 32.7 Å². The Bertz CT molecular complexity index is 910. The number of rotatable bonds is 5. The maximum absolute atomic E-state index is 12.6. The molecule has 0 bridgehead atoms. The summed E-state index contributed by atoms with van der Waals surface area (Å²) in [5.41, 5.74) is -0.409. The van der Waals surface area contributed by atoms with Crippen LogP contribution in [-0.4, -0.2) is 76.8 Å². The molecule has 1 N–H and O–H groups in total. The molecular weight excluding hydrogens is 406 g/mol. The summed E-state index contributed by atoms with van der Waals surface area (Å²) in [5, 5.41) is 20.3. The van der Waals surface area contributed by atoms with Gasteiger partial charge in [-0.1, -0.05) is 0 Å². The van der Waals surface area contributed by atoms with E-state index in [1.807, 2.05) is 0 Å². The van der Waals surface area contributed by atoms with Crippen LogP contribution in [0.2, 0.25) is 0 Å². The lowest BCUT2D eigenvalue weighted by atomic mass is 10.1. The normalized spacial score (nSPS) is 18.4. The second-order valence-electron chi connectivity index (χ2n) is 6.11. The van der Waals surface area contributed by atoms with Gasteiger partial charge in [-0.15, -0.1) is 0 Å². The summed E-state index contributed by atoms with van der Waals surface area (Å²) in [6.45, 7) is 1.19. The molecule has 2 fully saturated rings. The number of phenolic OH excluding ortho intramolecular Hbond substituents is 1. The van der Waals surface area contributed by atoms with Crippen molar-refractivity contribution in [2.75, 3.05) is 40.0 Å². The predicted octanol–water partition coefficient (Wildman–Crippen LogP) is 1.20. The van der Waals surface area contributed by atoms with Gasteiger partial charge < -0.3 is 19.5 Å². The lowest BCUT2D eigenvalue weighted by molar-refractivity contribution is -0.386. The Morgan fingerprint density at radius 3 is 2.69 bits per heavy atom. The van der Waals surface area contributed by atoms with Crippen LogP contribution >= 0.6 is 11.8 Å². The summed E-state index contributed by atoms with van der Waals surface area (Å²) in [5.74, 6) is -1.82. The van der Waals surface area contributed by atoms with Gasteiger partial charge in [0.15, 0.2) is 5.75 Å². The van der Waals surface area contributed by atoms with E-state index in [9.17, 15) is 29.6 Å². The molecule has 2 heterocycles. The van der Waals surface area contributed by atoms with Crippen LogP contribution in [0.3, 0.4) is 0 Å². The van der Waals surface area contributed by atoms with Crippen molar-refractivity contribution < 1.29 is 33.9 Å². The van der Waals surface area contributed by atoms with Crippen LogP contribution in [0.1, 0.15) is 5.56 Å². The van der Waals surface area contributed by atoms with Crippen molar-refractivity contribution in [3.63, 3.8) is 0 Å². The number of hydrogen-bond donors (Lipinski definition) is 1. The zero-order valence-electron chi connectivity index (χ0n) is 15.3. The highest BCUT2D eigenvalue weighted by atomic mass is 32.2. The summed E-state index contributed by atoms with van der Waals surface area (Å²) >= 11 is 0.627. The largest absolute Gasteiger partial charge is 0.500 e. The Kier molecular flexibility index (Phi) is 6.03. The van der Waals surface area contributed by atoms with Crippen LogP contribution in [0.15, 0.2) is 17.0 Å². The van der Waals surface area contributed by atoms with E-state index in [0.29, 0.717) is 38.1 Å². The van der Waals surface area contributed by atoms with Gasteiger partial charge in [-0.05, 0) is 29.5 Å². The maximum Gasteiger partial charge on any atom is 0.315 e. The van der Waals surface area contributed by atoms with E-state index in [2.05, 4.69) is 0 Å². The first-order valence-corrected chi connectivity index (χ1v) is 9.29. The number of benzene rings is 1. The summed E-state index contributed by atoms with van der Waals surface area (Å²) in [7, 11) is 1.23. The quantitative estimate of drug-likeness (QED) is 0.420. The predicted molar refractivity (Wildman–Crippen MR) is 101 cm³/mol. The Morgan fingerprint density at radius 2 is 2.07 bits per heavy atom.